The molecule has 4 aromatic rings. The van der Waals surface area contributed by atoms with E-state index in [1.54, 1.807) is 0 Å². The Balaban J connectivity index is 1.31. The SMILES string of the molecule is Clc1ccc(-c2nnc(NC3CCN(Cc4ccccc4)CC3)c3ccccc23)cc1. The first-order chi connectivity index (χ1) is 15.3. The molecule has 0 amide bonds. The maximum absolute atomic E-state index is 6.06. The minimum atomic E-state index is 0.408. The van der Waals surface area contributed by atoms with E-state index < -0.39 is 0 Å². The fraction of sp³-hybridized carbons (Fsp3) is 0.231. The second kappa shape index (κ2) is 9.04. The summed E-state index contributed by atoms with van der Waals surface area (Å²) in [5, 5.41) is 15.8. The Bertz CT molecular complexity index is 1150. The molecule has 1 aliphatic heterocycles. The van der Waals surface area contributed by atoms with Crippen molar-refractivity contribution in [2.75, 3.05) is 18.4 Å². The van der Waals surface area contributed by atoms with Gasteiger partial charge in [-0.15, -0.1) is 10.2 Å². The van der Waals surface area contributed by atoms with Gasteiger partial charge in [0, 0.05) is 47.0 Å². The second-order valence-corrected chi connectivity index (χ2v) is 8.57. The summed E-state index contributed by atoms with van der Waals surface area (Å²) < 4.78 is 0. The highest BCUT2D eigenvalue weighted by Crippen LogP contribution is 2.31. The number of benzene rings is 3. The summed E-state index contributed by atoms with van der Waals surface area (Å²) in [7, 11) is 0. The van der Waals surface area contributed by atoms with Crippen LogP contribution in [0.15, 0.2) is 78.9 Å². The maximum atomic E-state index is 6.06. The summed E-state index contributed by atoms with van der Waals surface area (Å²) in [6.45, 7) is 3.19. The number of halogens is 1. The molecule has 1 N–H and O–H groups in total. The number of anilines is 1. The van der Waals surface area contributed by atoms with Crippen LogP contribution in [0.25, 0.3) is 22.0 Å². The Morgan fingerprint density at radius 1 is 0.806 bits per heavy atom. The third-order valence-corrected chi connectivity index (χ3v) is 6.23. The minimum Gasteiger partial charge on any atom is -0.365 e. The molecule has 2 heterocycles. The van der Waals surface area contributed by atoms with E-state index in [0.29, 0.717) is 6.04 Å². The number of aromatic nitrogens is 2. The van der Waals surface area contributed by atoms with Crippen LogP contribution in [0.5, 0.6) is 0 Å². The molecule has 1 aliphatic rings. The zero-order valence-corrected chi connectivity index (χ0v) is 18.1. The number of hydrogen-bond acceptors (Lipinski definition) is 4. The number of rotatable bonds is 5. The molecule has 0 spiro atoms. The van der Waals surface area contributed by atoms with Crippen LogP contribution in [0, 0.1) is 0 Å². The Kier molecular flexibility index (Phi) is 5.83. The van der Waals surface area contributed by atoms with Gasteiger partial charge >= 0.3 is 0 Å². The number of hydrogen-bond donors (Lipinski definition) is 1. The third kappa shape index (κ3) is 4.55. The summed E-state index contributed by atoms with van der Waals surface area (Å²) in [5.41, 5.74) is 3.29. The molecule has 5 rings (SSSR count). The van der Waals surface area contributed by atoms with Crippen LogP contribution in [0.2, 0.25) is 5.02 Å². The first-order valence-electron chi connectivity index (χ1n) is 10.8. The molecule has 1 saturated heterocycles. The van der Waals surface area contributed by atoms with Gasteiger partial charge in [-0.3, -0.25) is 4.90 Å². The van der Waals surface area contributed by atoms with Crippen molar-refractivity contribution < 1.29 is 0 Å². The van der Waals surface area contributed by atoms with Crippen molar-refractivity contribution in [3.63, 3.8) is 0 Å². The molecule has 0 radical (unpaired) electrons. The van der Waals surface area contributed by atoms with Gasteiger partial charge in [-0.25, -0.2) is 0 Å². The van der Waals surface area contributed by atoms with Crippen molar-refractivity contribution in [1.82, 2.24) is 15.1 Å². The molecular formula is C26H25ClN4. The predicted octanol–water partition coefficient (Wildman–Crippen LogP) is 6.03. The molecule has 4 nitrogen and oxygen atoms in total. The number of nitrogens with zero attached hydrogens (tertiary/aromatic N) is 3. The number of piperidine rings is 1. The Morgan fingerprint density at radius 2 is 1.48 bits per heavy atom. The summed E-state index contributed by atoms with van der Waals surface area (Å²) in [5.74, 6) is 0.870. The van der Waals surface area contributed by atoms with Crippen molar-refractivity contribution in [2.24, 2.45) is 0 Å². The first-order valence-corrected chi connectivity index (χ1v) is 11.2. The molecular weight excluding hydrogens is 404 g/mol. The lowest BCUT2D eigenvalue weighted by atomic mass is 10.0. The Hall–Kier alpha value is -2.95. The molecule has 0 unspecified atom stereocenters. The van der Waals surface area contributed by atoms with E-state index in [1.807, 2.05) is 24.3 Å². The summed E-state index contributed by atoms with van der Waals surface area (Å²) in [6.07, 6.45) is 2.20. The van der Waals surface area contributed by atoms with Gasteiger partial charge in [0.1, 0.15) is 5.69 Å². The van der Waals surface area contributed by atoms with E-state index in [9.17, 15) is 0 Å². The number of fused-ring (bicyclic) bond motifs is 1. The standard InChI is InChI=1S/C26H25ClN4/c27-21-12-10-20(11-13-21)25-23-8-4-5-9-24(23)26(30-29-25)28-22-14-16-31(17-15-22)18-19-6-2-1-3-7-19/h1-13,22H,14-18H2,(H,28,30). The molecule has 0 saturated carbocycles. The van der Waals surface area contributed by atoms with Crippen LogP contribution in [-0.2, 0) is 6.54 Å². The van der Waals surface area contributed by atoms with Crippen LogP contribution in [0.4, 0.5) is 5.82 Å². The van der Waals surface area contributed by atoms with Gasteiger partial charge in [-0.1, -0.05) is 78.3 Å². The molecule has 3 aromatic carbocycles. The van der Waals surface area contributed by atoms with Gasteiger partial charge < -0.3 is 5.32 Å². The summed E-state index contributed by atoms with van der Waals surface area (Å²) >= 11 is 6.06. The predicted molar refractivity (Wildman–Crippen MR) is 128 cm³/mol. The largest absolute Gasteiger partial charge is 0.365 e. The van der Waals surface area contributed by atoms with Gasteiger partial charge in [0.15, 0.2) is 5.82 Å². The molecule has 1 fully saturated rings. The normalized spacial score (nSPS) is 15.3. The number of nitrogens with one attached hydrogen (secondary N) is 1. The highest BCUT2D eigenvalue weighted by atomic mass is 35.5. The fourth-order valence-corrected chi connectivity index (χ4v) is 4.43. The van der Waals surface area contributed by atoms with E-state index in [2.05, 4.69) is 75.0 Å². The van der Waals surface area contributed by atoms with Crippen molar-refractivity contribution in [1.29, 1.82) is 0 Å². The lowest BCUT2D eigenvalue weighted by Crippen LogP contribution is -2.38. The van der Waals surface area contributed by atoms with Crippen LogP contribution in [-0.4, -0.2) is 34.2 Å². The molecule has 0 bridgehead atoms. The van der Waals surface area contributed by atoms with Crippen molar-refractivity contribution in [2.45, 2.75) is 25.4 Å². The van der Waals surface area contributed by atoms with Crippen LogP contribution < -0.4 is 5.32 Å². The molecule has 1 aromatic heterocycles. The molecule has 156 valence electrons. The lowest BCUT2D eigenvalue weighted by molar-refractivity contribution is 0.211. The van der Waals surface area contributed by atoms with Crippen LogP contribution >= 0.6 is 11.6 Å². The van der Waals surface area contributed by atoms with Crippen molar-refractivity contribution in [3.05, 3.63) is 89.4 Å². The molecule has 0 atom stereocenters. The van der Waals surface area contributed by atoms with E-state index >= 15 is 0 Å². The average Bonchev–Trinajstić information content (AvgIpc) is 2.82. The zero-order valence-electron chi connectivity index (χ0n) is 17.3. The van der Waals surface area contributed by atoms with Gasteiger partial charge in [-0.2, -0.15) is 0 Å². The number of likely N-dealkylation sites (tertiary alicyclic amines) is 1. The van der Waals surface area contributed by atoms with E-state index in [-0.39, 0.29) is 0 Å². The van der Waals surface area contributed by atoms with Crippen LogP contribution in [0.1, 0.15) is 18.4 Å². The van der Waals surface area contributed by atoms with E-state index in [1.165, 1.54) is 5.56 Å². The van der Waals surface area contributed by atoms with Crippen molar-refractivity contribution >= 4 is 28.2 Å². The van der Waals surface area contributed by atoms with Gasteiger partial charge in [-0.05, 0) is 30.5 Å². The minimum absolute atomic E-state index is 0.408. The molecule has 0 aliphatic carbocycles. The zero-order chi connectivity index (χ0) is 21.0. The van der Waals surface area contributed by atoms with E-state index in [4.69, 9.17) is 11.6 Å². The highest BCUT2D eigenvalue weighted by Gasteiger charge is 2.21. The average molecular weight is 429 g/mol. The summed E-state index contributed by atoms with van der Waals surface area (Å²) in [6, 6.07) is 27.2. The van der Waals surface area contributed by atoms with Gasteiger partial charge in [0.05, 0.1) is 0 Å². The van der Waals surface area contributed by atoms with Crippen LogP contribution in [0.3, 0.4) is 0 Å². The third-order valence-electron chi connectivity index (χ3n) is 5.98. The molecule has 31 heavy (non-hydrogen) atoms. The van der Waals surface area contributed by atoms with Crippen molar-refractivity contribution in [3.8, 4) is 11.3 Å². The highest BCUT2D eigenvalue weighted by molar-refractivity contribution is 6.30. The smallest absolute Gasteiger partial charge is 0.156 e. The first kappa shape index (κ1) is 20.0. The summed E-state index contributed by atoms with van der Waals surface area (Å²) in [4.78, 5) is 2.53. The lowest BCUT2D eigenvalue weighted by Gasteiger charge is -2.32. The van der Waals surface area contributed by atoms with Gasteiger partial charge in [0.25, 0.3) is 0 Å². The quantitative estimate of drug-likeness (QED) is 0.421. The fourth-order valence-electron chi connectivity index (χ4n) is 4.30. The maximum Gasteiger partial charge on any atom is 0.156 e. The topological polar surface area (TPSA) is 41.1 Å². The Morgan fingerprint density at radius 3 is 2.23 bits per heavy atom. The molecule has 5 heteroatoms. The van der Waals surface area contributed by atoms with Gasteiger partial charge in [0.2, 0.25) is 0 Å². The Labute approximate surface area is 187 Å². The van der Waals surface area contributed by atoms with E-state index in [0.717, 1.165) is 65.3 Å². The second-order valence-electron chi connectivity index (χ2n) is 8.13. The monoisotopic (exact) mass is 428 g/mol.